The molecule has 0 saturated heterocycles. The molecule has 0 bridgehead atoms. The van der Waals surface area contributed by atoms with Crippen LogP contribution in [-0.2, 0) is 6.61 Å². The number of hydrogen-bond acceptors (Lipinski definition) is 4. The van der Waals surface area contributed by atoms with Gasteiger partial charge in [0.1, 0.15) is 5.15 Å². The van der Waals surface area contributed by atoms with Crippen LogP contribution in [0.3, 0.4) is 0 Å². The van der Waals surface area contributed by atoms with E-state index in [2.05, 4.69) is 22.9 Å². The normalized spacial score (nSPS) is 16.7. The number of hydrogen-bond donors (Lipinski definition) is 1. The van der Waals surface area contributed by atoms with Crippen LogP contribution in [0.25, 0.3) is 0 Å². The first-order chi connectivity index (χ1) is 7.20. The molecular weight excluding hydrogens is 232 g/mol. The van der Waals surface area contributed by atoms with Crippen LogP contribution in [0.5, 0.6) is 0 Å². The highest BCUT2D eigenvalue weighted by molar-refractivity contribution is 7.16. The molecule has 0 radical (unpaired) electrons. The highest BCUT2D eigenvalue weighted by Crippen LogP contribution is 2.31. The third-order valence-electron chi connectivity index (χ3n) is 2.38. The fourth-order valence-electron chi connectivity index (χ4n) is 1.63. The van der Waals surface area contributed by atoms with Gasteiger partial charge in [0.05, 0.1) is 11.5 Å². The molecule has 0 aromatic carbocycles. The van der Waals surface area contributed by atoms with Crippen molar-refractivity contribution >= 4 is 28.1 Å². The molecule has 1 aliphatic heterocycles. The summed E-state index contributed by atoms with van der Waals surface area (Å²) in [6.45, 7) is 3.98. The molecule has 15 heavy (non-hydrogen) atoms. The highest BCUT2D eigenvalue weighted by atomic mass is 35.5. The maximum atomic E-state index is 9.04. The Morgan fingerprint density at radius 3 is 3.07 bits per heavy atom. The molecule has 3 nitrogen and oxygen atoms in total. The van der Waals surface area contributed by atoms with Crippen molar-refractivity contribution in [3.05, 3.63) is 21.7 Å². The number of aliphatic hydroxyl groups is 1. The Hall–Kier alpha value is -0.580. The molecule has 0 unspecified atom stereocenters. The summed E-state index contributed by atoms with van der Waals surface area (Å²) in [6.07, 6.45) is 3.30. The summed E-state index contributed by atoms with van der Waals surface area (Å²) < 4.78 is 0. The van der Waals surface area contributed by atoms with Gasteiger partial charge in [-0.3, -0.25) is 0 Å². The van der Waals surface area contributed by atoms with Gasteiger partial charge in [-0.1, -0.05) is 34.6 Å². The van der Waals surface area contributed by atoms with Crippen LogP contribution in [-0.4, -0.2) is 23.2 Å². The first kappa shape index (κ1) is 10.9. The van der Waals surface area contributed by atoms with Crippen molar-refractivity contribution in [1.82, 2.24) is 4.98 Å². The maximum Gasteiger partial charge on any atom is 0.187 e. The Morgan fingerprint density at radius 2 is 2.47 bits per heavy atom. The van der Waals surface area contributed by atoms with Crippen molar-refractivity contribution in [3.8, 4) is 0 Å². The van der Waals surface area contributed by atoms with Crippen LogP contribution in [0.2, 0.25) is 5.15 Å². The lowest BCUT2D eigenvalue weighted by Gasteiger charge is -2.25. The van der Waals surface area contributed by atoms with Crippen LogP contribution >= 0.6 is 22.9 Å². The SMILES string of the molecule is CC1=CCCN(c2nc(Cl)c(CO)s2)C1. The number of nitrogens with zero attached hydrogens (tertiary/aromatic N) is 2. The van der Waals surface area contributed by atoms with Gasteiger partial charge in [0, 0.05) is 13.1 Å². The summed E-state index contributed by atoms with van der Waals surface area (Å²) >= 11 is 7.37. The summed E-state index contributed by atoms with van der Waals surface area (Å²) in [6, 6.07) is 0. The van der Waals surface area contributed by atoms with Gasteiger partial charge in [-0.05, 0) is 13.3 Å². The van der Waals surface area contributed by atoms with Crippen molar-refractivity contribution in [2.24, 2.45) is 0 Å². The van der Waals surface area contributed by atoms with Crippen LogP contribution in [0.15, 0.2) is 11.6 Å². The topological polar surface area (TPSA) is 36.4 Å². The first-order valence-electron chi connectivity index (χ1n) is 4.87. The predicted octanol–water partition coefficient (Wildman–Crippen LogP) is 2.45. The third-order valence-corrected chi connectivity index (χ3v) is 3.91. The Balaban J connectivity index is 2.19. The van der Waals surface area contributed by atoms with Crippen molar-refractivity contribution in [2.45, 2.75) is 20.0 Å². The van der Waals surface area contributed by atoms with Gasteiger partial charge in [-0.2, -0.15) is 0 Å². The Morgan fingerprint density at radius 1 is 1.67 bits per heavy atom. The molecule has 2 heterocycles. The lowest BCUT2D eigenvalue weighted by Crippen LogP contribution is -2.28. The zero-order chi connectivity index (χ0) is 10.8. The van der Waals surface area contributed by atoms with E-state index in [0.29, 0.717) is 5.15 Å². The Bertz CT molecular complexity index is 389. The largest absolute Gasteiger partial charge is 0.391 e. The number of anilines is 1. The molecule has 1 N–H and O–H groups in total. The van der Waals surface area contributed by atoms with E-state index in [4.69, 9.17) is 16.7 Å². The lowest BCUT2D eigenvalue weighted by atomic mass is 10.1. The molecule has 0 fully saturated rings. The molecule has 5 heteroatoms. The maximum absolute atomic E-state index is 9.04. The van der Waals surface area contributed by atoms with Gasteiger partial charge in [0.25, 0.3) is 0 Å². The minimum absolute atomic E-state index is 0.0286. The third kappa shape index (κ3) is 2.33. The van der Waals surface area contributed by atoms with Crippen LogP contribution < -0.4 is 4.90 Å². The average Bonchev–Trinajstić information content (AvgIpc) is 2.60. The molecule has 2 rings (SSSR count). The number of aromatic nitrogens is 1. The standard InChI is InChI=1S/C10H13ClN2OS/c1-7-3-2-4-13(5-7)10-12-9(11)8(6-14)15-10/h3,14H,2,4-6H2,1H3. The zero-order valence-electron chi connectivity index (χ0n) is 8.53. The summed E-state index contributed by atoms with van der Waals surface area (Å²) in [5, 5.41) is 10.4. The van der Waals surface area contributed by atoms with Crippen LogP contribution in [0, 0.1) is 0 Å². The minimum atomic E-state index is -0.0286. The van der Waals surface area contributed by atoms with Gasteiger partial charge >= 0.3 is 0 Å². The molecule has 0 atom stereocenters. The molecule has 1 aromatic heterocycles. The van der Waals surface area contributed by atoms with E-state index in [1.54, 1.807) is 0 Å². The second kappa shape index (κ2) is 4.51. The molecule has 82 valence electrons. The van der Waals surface area contributed by atoms with Crippen LogP contribution in [0.1, 0.15) is 18.2 Å². The van der Waals surface area contributed by atoms with Crippen molar-refractivity contribution < 1.29 is 5.11 Å². The smallest absolute Gasteiger partial charge is 0.187 e. The molecular formula is C10H13ClN2OS. The monoisotopic (exact) mass is 244 g/mol. The average molecular weight is 245 g/mol. The zero-order valence-corrected chi connectivity index (χ0v) is 10.1. The molecule has 1 aliphatic rings. The summed E-state index contributed by atoms with van der Waals surface area (Å²) in [5.41, 5.74) is 1.36. The van der Waals surface area contributed by atoms with Gasteiger partial charge in [-0.25, -0.2) is 4.98 Å². The second-order valence-corrected chi connectivity index (χ2v) is 5.05. The minimum Gasteiger partial charge on any atom is -0.391 e. The fourth-order valence-corrected chi connectivity index (χ4v) is 2.77. The van der Waals surface area contributed by atoms with Crippen molar-refractivity contribution in [3.63, 3.8) is 0 Å². The van der Waals surface area contributed by atoms with Gasteiger partial charge in [-0.15, -0.1) is 0 Å². The summed E-state index contributed by atoms with van der Waals surface area (Å²) in [4.78, 5) is 7.21. The number of aliphatic hydroxyl groups excluding tert-OH is 1. The van der Waals surface area contributed by atoms with Crippen molar-refractivity contribution in [1.29, 1.82) is 0 Å². The number of thiazole rings is 1. The molecule has 1 aromatic rings. The van der Waals surface area contributed by atoms with Gasteiger partial charge in [0.15, 0.2) is 5.13 Å². The van der Waals surface area contributed by atoms with E-state index in [9.17, 15) is 0 Å². The second-order valence-electron chi connectivity index (χ2n) is 3.63. The van der Waals surface area contributed by atoms with E-state index >= 15 is 0 Å². The molecule has 0 saturated carbocycles. The lowest BCUT2D eigenvalue weighted by molar-refractivity contribution is 0.285. The van der Waals surface area contributed by atoms with E-state index in [1.807, 2.05) is 0 Å². The van der Waals surface area contributed by atoms with E-state index in [1.165, 1.54) is 16.9 Å². The van der Waals surface area contributed by atoms with Crippen molar-refractivity contribution in [2.75, 3.05) is 18.0 Å². The molecule has 0 spiro atoms. The number of rotatable bonds is 2. The van der Waals surface area contributed by atoms with E-state index < -0.39 is 0 Å². The fraction of sp³-hybridized carbons (Fsp3) is 0.500. The highest BCUT2D eigenvalue weighted by Gasteiger charge is 2.16. The van der Waals surface area contributed by atoms with E-state index in [0.717, 1.165) is 29.5 Å². The van der Waals surface area contributed by atoms with Gasteiger partial charge < -0.3 is 10.0 Å². The molecule has 0 amide bonds. The van der Waals surface area contributed by atoms with Crippen LogP contribution in [0.4, 0.5) is 5.13 Å². The number of halogens is 1. The van der Waals surface area contributed by atoms with E-state index in [-0.39, 0.29) is 6.61 Å². The quantitative estimate of drug-likeness (QED) is 0.812. The van der Waals surface area contributed by atoms with Gasteiger partial charge in [0.2, 0.25) is 0 Å². The first-order valence-corrected chi connectivity index (χ1v) is 6.07. The summed E-state index contributed by atoms with van der Waals surface area (Å²) in [5.74, 6) is 0. The Kier molecular flexibility index (Phi) is 3.29. The molecule has 0 aliphatic carbocycles. The predicted molar refractivity (Wildman–Crippen MR) is 63.6 cm³/mol. The summed E-state index contributed by atoms with van der Waals surface area (Å²) in [7, 11) is 0. The Labute approximate surface area is 98.0 Å².